The molecule has 0 radical (unpaired) electrons. The molecule has 1 aliphatic heterocycles. The van der Waals surface area contributed by atoms with Gasteiger partial charge in [0, 0.05) is 35.9 Å². The molecule has 1 saturated heterocycles. The van der Waals surface area contributed by atoms with Crippen LogP contribution in [-0.2, 0) is 6.54 Å². The molecule has 0 atom stereocenters. The second-order valence-corrected chi connectivity index (χ2v) is 12.1. The molecular formula is C38H35F2N7O4. The van der Waals surface area contributed by atoms with E-state index in [-0.39, 0.29) is 17.1 Å². The molecule has 4 heterocycles. The lowest BCUT2D eigenvalue weighted by molar-refractivity contribution is 0.102. The summed E-state index contributed by atoms with van der Waals surface area (Å²) in [5.74, 6) is 0.467. The molecule has 3 aromatic carbocycles. The summed E-state index contributed by atoms with van der Waals surface area (Å²) in [6, 6.07) is 22.3. The number of fused-ring (bicyclic) bond motifs is 1. The molecule has 0 saturated carbocycles. The number of nitrogens with zero attached hydrogens (tertiary/aromatic N) is 4. The lowest BCUT2D eigenvalue weighted by atomic mass is 9.99. The fourth-order valence-electron chi connectivity index (χ4n) is 5.82. The standard InChI is InChI=1S/C38H35F2N7O4/c1-49-29-11-4-24(5-12-29)22-47-36-34(38(46-47)50-23-25-14-18-41-19-15-25)33(16-20-43-36)51-32-13-10-28(21-31(32)40)44-35-30(3-2-17-42-35)37(48)45-27-8-6-26(39)7-9-27/h2-13,16-17,20-21,25,41H,14-15,18-19,22-23H2,1H3,(H,42,44)(H,45,48). The van der Waals surface area contributed by atoms with Gasteiger partial charge in [0.15, 0.2) is 17.2 Å². The van der Waals surface area contributed by atoms with Gasteiger partial charge in [-0.1, -0.05) is 12.1 Å². The van der Waals surface area contributed by atoms with Crippen LogP contribution < -0.4 is 30.2 Å². The molecule has 6 aromatic rings. The van der Waals surface area contributed by atoms with Crippen molar-refractivity contribution in [2.45, 2.75) is 19.4 Å². The van der Waals surface area contributed by atoms with E-state index in [1.54, 1.807) is 42.3 Å². The summed E-state index contributed by atoms with van der Waals surface area (Å²) in [7, 11) is 1.62. The molecule has 0 aliphatic carbocycles. The lowest BCUT2D eigenvalue weighted by Gasteiger charge is -2.22. The Morgan fingerprint density at radius 2 is 1.71 bits per heavy atom. The number of aromatic nitrogens is 4. The van der Waals surface area contributed by atoms with Gasteiger partial charge < -0.3 is 30.2 Å². The second kappa shape index (κ2) is 15.2. The first-order valence-electron chi connectivity index (χ1n) is 16.5. The molecule has 3 N–H and O–H groups in total. The van der Waals surface area contributed by atoms with Crippen LogP contribution in [0.25, 0.3) is 11.0 Å². The van der Waals surface area contributed by atoms with E-state index in [9.17, 15) is 9.18 Å². The summed E-state index contributed by atoms with van der Waals surface area (Å²) in [6.07, 6.45) is 5.10. The van der Waals surface area contributed by atoms with Crippen molar-refractivity contribution in [3.8, 4) is 23.1 Å². The van der Waals surface area contributed by atoms with Crippen molar-refractivity contribution >= 4 is 34.1 Å². The number of piperidine rings is 1. The average Bonchev–Trinajstić information content (AvgIpc) is 3.51. The molecule has 1 amide bonds. The monoisotopic (exact) mass is 691 g/mol. The van der Waals surface area contributed by atoms with Gasteiger partial charge in [-0.2, -0.15) is 0 Å². The fraction of sp³-hybridized carbons (Fsp3) is 0.211. The lowest BCUT2D eigenvalue weighted by Crippen LogP contribution is -2.30. The Hall–Kier alpha value is -6.08. The fourth-order valence-corrected chi connectivity index (χ4v) is 5.82. The molecule has 0 bridgehead atoms. The summed E-state index contributed by atoms with van der Waals surface area (Å²) in [5, 5.41) is 14.4. The molecule has 11 nitrogen and oxygen atoms in total. The number of ether oxygens (including phenoxy) is 3. The molecule has 1 aliphatic rings. The zero-order valence-electron chi connectivity index (χ0n) is 27.7. The zero-order chi connectivity index (χ0) is 35.2. The van der Waals surface area contributed by atoms with E-state index in [2.05, 4.69) is 25.9 Å². The van der Waals surface area contributed by atoms with Crippen LogP contribution in [0.5, 0.6) is 23.1 Å². The van der Waals surface area contributed by atoms with Gasteiger partial charge >= 0.3 is 0 Å². The molecular weight excluding hydrogens is 656 g/mol. The van der Waals surface area contributed by atoms with Gasteiger partial charge in [-0.05, 0) is 98.1 Å². The van der Waals surface area contributed by atoms with Gasteiger partial charge in [0.05, 0.1) is 25.8 Å². The number of anilines is 3. The van der Waals surface area contributed by atoms with E-state index < -0.39 is 17.5 Å². The Balaban J connectivity index is 1.13. The minimum Gasteiger partial charge on any atom is -0.497 e. The number of nitrogens with one attached hydrogen (secondary N) is 3. The maximum absolute atomic E-state index is 15.7. The van der Waals surface area contributed by atoms with E-state index in [0.717, 1.165) is 37.2 Å². The molecule has 0 unspecified atom stereocenters. The first-order valence-corrected chi connectivity index (χ1v) is 16.5. The van der Waals surface area contributed by atoms with E-state index in [4.69, 9.17) is 19.3 Å². The van der Waals surface area contributed by atoms with Crippen molar-refractivity contribution in [2.75, 3.05) is 37.4 Å². The van der Waals surface area contributed by atoms with Crippen LogP contribution in [0.15, 0.2) is 97.3 Å². The maximum Gasteiger partial charge on any atom is 0.259 e. The summed E-state index contributed by atoms with van der Waals surface area (Å²) in [4.78, 5) is 21.9. The van der Waals surface area contributed by atoms with Crippen molar-refractivity contribution in [3.63, 3.8) is 0 Å². The minimum atomic E-state index is -0.652. The summed E-state index contributed by atoms with van der Waals surface area (Å²) in [6.45, 7) is 2.77. The molecule has 7 rings (SSSR count). The Labute approximate surface area is 292 Å². The van der Waals surface area contributed by atoms with Crippen LogP contribution in [-0.4, -0.2) is 52.5 Å². The van der Waals surface area contributed by atoms with Gasteiger partial charge in [-0.25, -0.2) is 23.4 Å². The Bertz CT molecular complexity index is 2140. The summed E-state index contributed by atoms with van der Waals surface area (Å²) in [5.41, 5.74) is 2.48. The van der Waals surface area contributed by atoms with Crippen molar-refractivity contribution in [1.29, 1.82) is 0 Å². The SMILES string of the molecule is COc1ccc(Cn2nc(OCC3CCNCC3)c3c(Oc4ccc(Nc5ncccc5C(=O)Nc5ccc(F)cc5)cc4F)ccnc32)cc1. The van der Waals surface area contributed by atoms with E-state index in [1.165, 1.54) is 42.6 Å². The molecule has 51 heavy (non-hydrogen) atoms. The number of pyridine rings is 2. The van der Waals surface area contributed by atoms with Gasteiger partial charge in [0.25, 0.3) is 5.91 Å². The molecule has 3 aromatic heterocycles. The highest BCUT2D eigenvalue weighted by Gasteiger charge is 2.22. The number of methoxy groups -OCH3 is 1. The number of halogens is 2. The number of amides is 1. The molecule has 13 heteroatoms. The number of hydrogen-bond donors (Lipinski definition) is 3. The molecule has 1 fully saturated rings. The Kier molecular flexibility index (Phi) is 9.97. The molecule has 0 spiro atoms. The van der Waals surface area contributed by atoms with Crippen LogP contribution >= 0.6 is 0 Å². The highest BCUT2D eigenvalue weighted by molar-refractivity contribution is 6.07. The number of benzene rings is 3. The summed E-state index contributed by atoms with van der Waals surface area (Å²) < 4.78 is 48.6. The minimum absolute atomic E-state index is 0.0319. The van der Waals surface area contributed by atoms with Crippen molar-refractivity contribution in [2.24, 2.45) is 5.92 Å². The number of carbonyl (C=O) groups excluding carboxylic acids is 1. The van der Waals surface area contributed by atoms with Gasteiger partial charge in [-0.15, -0.1) is 5.10 Å². The highest BCUT2D eigenvalue weighted by Crippen LogP contribution is 2.37. The quantitative estimate of drug-likeness (QED) is 0.121. The van der Waals surface area contributed by atoms with E-state index >= 15 is 4.39 Å². The topological polar surface area (TPSA) is 124 Å². The Morgan fingerprint density at radius 1 is 0.922 bits per heavy atom. The predicted molar refractivity (Wildman–Crippen MR) is 189 cm³/mol. The van der Waals surface area contributed by atoms with Crippen molar-refractivity contribution in [1.82, 2.24) is 25.1 Å². The van der Waals surface area contributed by atoms with Crippen LogP contribution in [0.3, 0.4) is 0 Å². The first kappa shape index (κ1) is 33.4. The highest BCUT2D eigenvalue weighted by atomic mass is 19.1. The number of rotatable bonds is 12. The van der Waals surface area contributed by atoms with E-state index in [1.807, 2.05) is 24.3 Å². The maximum atomic E-state index is 15.7. The van der Waals surface area contributed by atoms with Crippen LogP contribution in [0.1, 0.15) is 28.8 Å². The Morgan fingerprint density at radius 3 is 2.47 bits per heavy atom. The van der Waals surface area contributed by atoms with Gasteiger partial charge in [0.1, 0.15) is 28.5 Å². The van der Waals surface area contributed by atoms with E-state index in [0.29, 0.717) is 53.1 Å². The predicted octanol–water partition coefficient (Wildman–Crippen LogP) is 7.33. The van der Waals surface area contributed by atoms with Crippen LogP contribution in [0.2, 0.25) is 0 Å². The molecule has 260 valence electrons. The third-order valence-electron chi connectivity index (χ3n) is 8.54. The number of carbonyl (C=O) groups is 1. The largest absolute Gasteiger partial charge is 0.497 e. The van der Waals surface area contributed by atoms with Crippen LogP contribution in [0, 0.1) is 17.6 Å². The number of hydrogen-bond acceptors (Lipinski definition) is 9. The van der Waals surface area contributed by atoms with Gasteiger partial charge in [-0.3, -0.25) is 4.79 Å². The van der Waals surface area contributed by atoms with Crippen LogP contribution in [0.4, 0.5) is 26.0 Å². The van der Waals surface area contributed by atoms with Gasteiger partial charge in [0.2, 0.25) is 5.88 Å². The third kappa shape index (κ3) is 7.89. The van der Waals surface area contributed by atoms with Crippen molar-refractivity contribution < 1.29 is 27.8 Å². The normalized spacial score (nSPS) is 13.2. The first-order chi connectivity index (χ1) is 24.9. The average molecular weight is 692 g/mol. The second-order valence-electron chi connectivity index (χ2n) is 12.1. The zero-order valence-corrected chi connectivity index (χ0v) is 27.7. The third-order valence-corrected chi connectivity index (χ3v) is 8.54. The summed E-state index contributed by atoms with van der Waals surface area (Å²) >= 11 is 0. The smallest absolute Gasteiger partial charge is 0.259 e. The van der Waals surface area contributed by atoms with Crippen molar-refractivity contribution in [3.05, 3.63) is 120 Å².